The van der Waals surface area contributed by atoms with Gasteiger partial charge >= 0.3 is 0 Å². The molecule has 1 N–H and O–H groups in total. The fraction of sp³-hybridized carbons (Fsp3) is 0.323. The van der Waals surface area contributed by atoms with Crippen molar-refractivity contribution in [2.24, 2.45) is 0 Å². The van der Waals surface area contributed by atoms with Crippen molar-refractivity contribution in [3.63, 3.8) is 0 Å². The third kappa shape index (κ3) is 9.89. The van der Waals surface area contributed by atoms with Crippen LogP contribution < -0.4 is 0 Å². The Morgan fingerprint density at radius 3 is 1.90 bits per heavy atom. The standard InChI is InChI=1S/C62H68N3O.Pt/c1-37(2)44-34-53(40(7)8)59(66)54(35-44)60-64-58-52(19-16-20-56(58)65(60)49-27-23-42(24-28-49)57-50(38(3)4)17-15-18-51(57)39(5)6)45-31-46(33-48(32-45)62(12,13)14)55-36-43(29-30-63-55)41-21-25-47(26-22-41)61(9,10)11;/h15-30,32-40,66H,1-14H3;/q-1;/i9D3,10D3,11D3,21D,22D,25D,26D,29D,30D,36D,38D,39D;. The molecule has 0 aliphatic carbocycles. The van der Waals surface area contributed by atoms with E-state index < -0.39 is 102 Å². The van der Waals surface area contributed by atoms with E-state index in [1.807, 2.05) is 146 Å². The number of aromatic hydroxyl groups is 1. The molecule has 8 aromatic rings. The van der Waals surface area contributed by atoms with Gasteiger partial charge in [0, 0.05) is 53.7 Å². The molecule has 0 fully saturated rings. The van der Waals surface area contributed by atoms with E-state index in [1.54, 1.807) is 6.07 Å². The largest absolute Gasteiger partial charge is 0.507 e. The summed E-state index contributed by atoms with van der Waals surface area (Å²) in [4.78, 5) is 9.79. The van der Waals surface area contributed by atoms with Gasteiger partial charge < -0.3 is 5.11 Å². The Bertz CT molecular complexity index is 3820. The number of phenolic OH excluding ortho intramolecular Hbond substituents is 1. The maximum absolute atomic E-state index is 12.3. The van der Waals surface area contributed by atoms with Crippen molar-refractivity contribution in [2.75, 3.05) is 0 Å². The Morgan fingerprint density at radius 2 is 1.30 bits per heavy atom. The molecule has 0 unspecified atom stereocenters. The third-order valence-corrected chi connectivity index (χ3v) is 12.1. The molecule has 0 aliphatic heterocycles. The summed E-state index contributed by atoms with van der Waals surface area (Å²) in [6, 6.07) is 23.7. The molecule has 0 aliphatic rings. The Balaban J connectivity index is 0.0000104. The average molecular weight is 1080 g/mol. The summed E-state index contributed by atoms with van der Waals surface area (Å²) in [5.74, 6) is -1.55. The van der Waals surface area contributed by atoms with Gasteiger partial charge in [-0.05, 0) is 115 Å². The Morgan fingerprint density at radius 1 is 0.657 bits per heavy atom. The van der Waals surface area contributed by atoms with Crippen LogP contribution in [-0.2, 0) is 31.9 Å². The van der Waals surface area contributed by atoms with Crippen LogP contribution in [0, 0.1) is 6.07 Å². The van der Waals surface area contributed by atoms with E-state index in [2.05, 4.69) is 24.9 Å². The molecule has 67 heavy (non-hydrogen) atoms. The first-order valence-corrected chi connectivity index (χ1v) is 22.3. The number of aromatic nitrogens is 3. The molecule has 0 spiro atoms. The van der Waals surface area contributed by atoms with Gasteiger partial charge in [-0.25, -0.2) is 4.98 Å². The Labute approximate surface area is 440 Å². The number of para-hydroxylation sites is 1. The maximum Gasteiger partial charge on any atom is 0.148 e. The Kier molecular flexibility index (Phi) is 8.81. The summed E-state index contributed by atoms with van der Waals surface area (Å²) >= 11 is 0. The van der Waals surface area contributed by atoms with Crippen LogP contribution in [0.4, 0.5) is 0 Å². The molecule has 0 amide bonds. The second-order valence-corrected chi connectivity index (χ2v) is 19.2. The monoisotopic (exact) mass is 1080 g/mol. The number of nitrogens with zero attached hydrogens (tertiary/aromatic N) is 3. The average Bonchev–Trinajstić information content (AvgIpc) is 1.20. The molecule has 0 saturated heterocycles. The molecule has 6 aromatic carbocycles. The van der Waals surface area contributed by atoms with Crippen molar-refractivity contribution in [3.8, 4) is 67.5 Å². The predicted molar refractivity (Wildman–Crippen MR) is 280 cm³/mol. The maximum atomic E-state index is 12.3. The van der Waals surface area contributed by atoms with Crippen molar-refractivity contribution in [3.05, 3.63) is 167 Å². The number of benzene rings is 6. The van der Waals surface area contributed by atoms with Crippen LogP contribution in [0.15, 0.2) is 127 Å². The van der Waals surface area contributed by atoms with E-state index in [0.29, 0.717) is 44.8 Å². The number of imidazole rings is 1. The van der Waals surface area contributed by atoms with Crippen LogP contribution in [-0.4, -0.2) is 19.6 Å². The summed E-state index contributed by atoms with van der Waals surface area (Å²) in [7, 11) is 0. The third-order valence-electron chi connectivity index (χ3n) is 12.1. The fourth-order valence-electron chi connectivity index (χ4n) is 8.33. The molecule has 348 valence electrons. The second kappa shape index (κ2) is 19.2. The molecule has 0 saturated carbocycles. The molecule has 4 nitrogen and oxygen atoms in total. The number of fused-ring (bicyclic) bond motifs is 1. The smallest absolute Gasteiger partial charge is 0.148 e. The molecule has 0 atom stereocenters. The van der Waals surface area contributed by atoms with E-state index >= 15 is 0 Å². The number of phenols is 1. The van der Waals surface area contributed by atoms with Crippen molar-refractivity contribution in [1.29, 1.82) is 0 Å². The van der Waals surface area contributed by atoms with Crippen LogP contribution in [0.2, 0.25) is 0 Å². The molecule has 5 heteroatoms. The summed E-state index contributed by atoms with van der Waals surface area (Å²) in [6.07, 6.45) is -0.762. The Hall–Kier alpha value is -5.57. The van der Waals surface area contributed by atoms with Crippen molar-refractivity contribution >= 4 is 11.0 Å². The molecule has 0 bridgehead atoms. The first-order chi connectivity index (χ1) is 38.5. The van der Waals surface area contributed by atoms with Crippen molar-refractivity contribution in [2.45, 2.75) is 131 Å². The number of pyridine rings is 1. The quantitative estimate of drug-likeness (QED) is 0.139. The minimum Gasteiger partial charge on any atom is -0.507 e. The first-order valence-electron chi connectivity index (χ1n) is 31.3. The minimum absolute atomic E-state index is 0. The van der Waals surface area contributed by atoms with E-state index in [-0.39, 0.29) is 49.9 Å². The minimum atomic E-state index is -3.94. The molecule has 0 radical (unpaired) electrons. The second-order valence-electron chi connectivity index (χ2n) is 19.2. The van der Waals surface area contributed by atoms with Gasteiger partial charge in [0.25, 0.3) is 0 Å². The van der Waals surface area contributed by atoms with Gasteiger partial charge in [-0.2, -0.15) is 0 Å². The zero-order chi connectivity index (χ0) is 62.8. The summed E-state index contributed by atoms with van der Waals surface area (Å²) < 4.78 is 159. The first kappa shape index (κ1) is 30.7. The predicted octanol–water partition coefficient (Wildman–Crippen LogP) is 17.3. The summed E-state index contributed by atoms with van der Waals surface area (Å²) in [6.45, 7) is 9.50. The van der Waals surface area contributed by atoms with Gasteiger partial charge in [0.2, 0.25) is 0 Å². The molecular weight excluding hydrogens is 998 g/mol. The van der Waals surface area contributed by atoms with Gasteiger partial charge in [-0.3, -0.25) is 9.55 Å². The number of hydrogen-bond donors (Lipinski definition) is 1. The summed E-state index contributed by atoms with van der Waals surface area (Å²) in [5.41, 5.74) is 1.18. The molecule has 2 aromatic heterocycles. The molecule has 8 rings (SSSR count). The van der Waals surface area contributed by atoms with Crippen molar-refractivity contribution < 1.29 is 50.8 Å². The summed E-state index contributed by atoms with van der Waals surface area (Å²) in [5, 5.41) is 12.3. The van der Waals surface area contributed by atoms with E-state index in [9.17, 15) is 9.22 Å². The van der Waals surface area contributed by atoms with Crippen LogP contribution in [0.3, 0.4) is 0 Å². The zero-order valence-electron chi connectivity index (χ0n) is 57.8. The van der Waals surface area contributed by atoms with E-state index in [1.165, 1.54) is 0 Å². The zero-order valence-corrected chi connectivity index (χ0v) is 42.1. The van der Waals surface area contributed by atoms with Crippen LogP contribution in [0.1, 0.15) is 178 Å². The SMILES string of the molecule is [2H]c1nc(-c2[c-]c(-c3cccc4c3nc(-c3cc(C(C)C)cc(C(C)C)c3O)n4-c3ccc(-c4c(C([2H])(C)C)cccc4C([2H])(C)C)cc3)cc(C(C)(C)C)c2)c([2H])c(-c2c([2H])c([2H])c(C(C([2H])([2H])[2H])(C([2H])([2H])[2H])C([2H])([2H])[2H])c([2H])c2[2H])c1[2H].[Pt]. The molecule has 2 heterocycles. The van der Waals surface area contributed by atoms with Crippen LogP contribution in [0.25, 0.3) is 72.7 Å². The number of rotatable bonds is 10. The van der Waals surface area contributed by atoms with E-state index in [4.69, 9.17) is 25.5 Å². The normalized spacial score (nSPS) is 17.0. The van der Waals surface area contributed by atoms with Gasteiger partial charge in [-0.15, -0.1) is 29.3 Å². The topological polar surface area (TPSA) is 50.9 Å². The van der Waals surface area contributed by atoms with E-state index in [0.717, 1.165) is 33.4 Å². The van der Waals surface area contributed by atoms with Crippen LogP contribution in [0.5, 0.6) is 5.75 Å². The van der Waals surface area contributed by atoms with Gasteiger partial charge in [0.15, 0.2) is 0 Å². The van der Waals surface area contributed by atoms with Crippen LogP contribution >= 0.6 is 0 Å². The number of hydrogen-bond acceptors (Lipinski definition) is 3. The molecular formula is C62H68N3OPt-. The fourth-order valence-corrected chi connectivity index (χ4v) is 8.33. The van der Waals surface area contributed by atoms with Gasteiger partial charge in [0.1, 0.15) is 11.6 Å². The van der Waals surface area contributed by atoms with Crippen molar-refractivity contribution in [1.82, 2.24) is 14.5 Å². The van der Waals surface area contributed by atoms with Gasteiger partial charge in [0.05, 0.1) is 26.2 Å². The van der Waals surface area contributed by atoms with Gasteiger partial charge in [-0.1, -0.05) is 187 Å².